The molecule has 1 aliphatic carbocycles. The number of nitrogens with one attached hydrogen (secondary N) is 1. The third kappa shape index (κ3) is 3.90. The van der Waals surface area contributed by atoms with E-state index in [9.17, 15) is 13.6 Å². The molecule has 0 radical (unpaired) electrons. The van der Waals surface area contributed by atoms with Gasteiger partial charge >= 0.3 is 6.61 Å². The number of alkyl halides is 2. The first kappa shape index (κ1) is 14.7. The van der Waals surface area contributed by atoms with Crippen LogP contribution in [0.15, 0.2) is 24.3 Å². The van der Waals surface area contributed by atoms with Gasteiger partial charge in [-0.25, -0.2) is 0 Å². The molecule has 6 heteroatoms. The monoisotopic (exact) mass is 285 g/mol. The van der Waals surface area contributed by atoms with Crippen LogP contribution in [0.25, 0.3) is 0 Å². The SMILES string of the molecule is O=C(Cc1ccccc1OC(F)F)NCC1(CO)CC1. The molecule has 1 aromatic carbocycles. The van der Waals surface area contributed by atoms with Crippen LogP contribution in [0.3, 0.4) is 0 Å². The van der Waals surface area contributed by atoms with Crippen molar-refractivity contribution in [3.8, 4) is 5.75 Å². The fourth-order valence-electron chi connectivity index (χ4n) is 1.95. The summed E-state index contributed by atoms with van der Waals surface area (Å²) in [5.41, 5.74) is 0.244. The standard InChI is InChI=1S/C14H17F2NO3/c15-13(16)20-11-4-2-1-3-10(11)7-12(19)17-8-14(9-18)5-6-14/h1-4,13,18H,5-9H2,(H,17,19). The van der Waals surface area contributed by atoms with Crippen LogP contribution in [-0.4, -0.2) is 30.8 Å². The van der Waals surface area contributed by atoms with E-state index in [-0.39, 0.29) is 30.1 Å². The Balaban J connectivity index is 1.90. The lowest BCUT2D eigenvalue weighted by Gasteiger charge is -2.14. The summed E-state index contributed by atoms with van der Waals surface area (Å²) < 4.78 is 28.9. The third-order valence-corrected chi connectivity index (χ3v) is 3.49. The number of carbonyl (C=O) groups excluding carboxylic acids is 1. The van der Waals surface area contributed by atoms with Crippen LogP contribution in [0, 0.1) is 5.41 Å². The van der Waals surface area contributed by atoms with Crippen LogP contribution in [0.5, 0.6) is 5.75 Å². The lowest BCUT2D eigenvalue weighted by molar-refractivity contribution is -0.120. The van der Waals surface area contributed by atoms with Gasteiger partial charge in [-0.1, -0.05) is 18.2 Å². The van der Waals surface area contributed by atoms with E-state index in [0.29, 0.717) is 12.1 Å². The Morgan fingerprint density at radius 3 is 2.70 bits per heavy atom. The van der Waals surface area contributed by atoms with E-state index in [2.05, 4.69) is 10.1 Å². The number of hydrogen-bond donors (Lipinski definition) is 2. The van der Waals surface area contributed by atoms with Crippen LogP contribution in [-0.2, 0) is 11.2 Å². The Kier molecular flexibility index (Phi) is 4.54. The van der Waals surface area contributed by atoms with Crippen molar-refractivity contribution in [2.45, 2.75) is 25.9 Å². The number of aliphatic hydroxyl groups excluding tert-OH is 1. The number of para-hydroxylation sites is 1. The molecule has 1 saturated carbocycles. The van der Waals surface area contributed by atoms with Gasteiger partial charge in [-0.3, -0.25) is 4.79 Å². The van der Waals surface area contributed by atoms with Crippen molar-refractivity contribution < 1.29 is 23.4 Å². The highest BCUT2D eigenvalue weighted by Crippen LogP contribution is 2.44. The lowest BCUT2D eigenvalue weighted by atomic mass is 10.1. The Morgan fingerprint density at radius 1 is 1.40 bits per heavy atom. The van der Waals surface area contributed by atoms with Crippen molar-refractivity contribution >= 4 is 5.91 Å². The van der Waals surface area contributed by atoms with Crippen LogP contribution >= 0.6 is 0 Å². The number of hydrogen-bond acceptors (Lipinski definition) is 3. The number of halogens is 2. The number of ether oxygens (including phenoxy) is 1. The fraction of sp³-hybridized carbons (Fsp3) is 0.500. The van der Waals surface area contributed by atoms with Crippen LogP contribution in [0.1, 0.15) is 18.4 Å². The molecule has 0 spiro atoms. The van der Waals surface area contributed by atoms with Gasteiger partial charge in [-0.15, -0.1) is 0 Å². The van der Waals surface area contributed by atoms with Crippen LogP contribution < -0.4 is 10.1 Å². The predicted molar refractivity (Wildman–Crippen MR) is 68.5 cm³/mol. The van der Waals surface area contributed by atoms with E-state index in [1.165, 1.54) is 6.07 Å². The van der Waals surface area contributed by atoms with E-state index < -0.39 is 6.61 Å². The fourth-order valence-corrected chi connectivity index (χ4v) is 1.95. The summed E-state index contributed by atoms with van der Waals surface area (Å²) in [5.74, 6) is -0.254. The first-order valence-electron chi connectivity index (χ1n) is 6.45. The highest BCUT2D eigenvalue weighted by molar-refractivity contribution is 5.79. The number of benzene rings is 1. The minimum atomic E-state index is -2.91. The third-order valence-electron chi connectivity index (χ3n) is 3.49. The predicted octanol–water partition coefficient (Wildman–Crippen LogP) is 1.72. The molecule has 0 saturated heterocycles. The van der Waals surface area contributed by atoms with Gasteiger partial charge in [-0.2, -0.15) is 8.78 Å². The average Bonchev–Trinajstić information content (AvgIpc) is 3.19. The molecule has 2 rings (SSSR count). The molecule has 0 heterocycles. The summed E-state index contributed by atoms with van der Waals surface area (Å²) in [7, 11) is 0. The molecule has 1 aromatic rings. The van der Waals surface area contributed by atoms with Crippen LogP contribution in [0.4, 0.5) is 8.78 Å². The number of carbonyl (C=O) groups is 1. The minimum absolute atomic E-state index is 0.0148. The highest BCUT2D eigenvalue weighted by Gasteiger charge is 2.42. The maximum Gasteiger partial charge on any atom is 0.387 e. The molecule has 110 valence electrons. The van der Waals surface area contributed by atoms with E-state index in [1.807, 2.05) is 0 Å². The molecule has 0 aliphatic heterocycles. The van der Waals surface area contributed by atoms with Gasteiger partial charge in [0.2, 0.25) is 5.91 Å². The zero-order valence-electron chi connectivity index (χ0n) is 10.9. The molecule has 0 unspecified atom stereocenters. The molecule has 1 fully saturated rings. The molecule has 20 heavy (non-hydrogen) atoms. The van der Waals surface area contributed by atoms with Crippen molar-refractivity contribution in [2.75, 3.05) is 13.2 Å². The van der Waals surface area contributed by atoms with Crippen molar-refractivity contribution in [1.82, 2.24) is 5.32 Å². The second kappa shape index (κ2) is 6.17. The second-order valence-corrected chi connectivity index (χ2v) is 5.10. The van der Waals surface area contributed by atoms with Gasteiger partial charge in [0.25, 0.3) is 0 Å². The van der Waals surface area contributed by atoms with Crippen molar-refractivity contribution in [3.05, 3.63) is 29.8 Å². The summed E-state index contributed by atoms with van der Waals surface area (Å²) in [5, 5.41) is 11.9. The Bertz CT molecular complexity index is 475. The van der Waals surface area contributed by atoms with E-state index >= 15 is 0 Å². The summed E-state index contributed by atoms with van der Waals surface area (Å²) >= 11 is 0. The number of amides is 1. The first-order chi connectivity index (χ1) is 9.54. The molecule has 1 amide bonds. The topological polar surface area (TPSA) is 58.6 Å². The minimum Gasteiger partial charge on any atom is -0.435 e. The van der Waals surface area contributed by atoms with Gasteiger partial charge in [-0.05, 0) is 18.9 Å². The summed E-state index contributed by atoms with van der Waals surface area (Å²) in [6.45, 7) is -2.44. The zero-order valence-corrected chi connectivity index (χ0v) is 10.9. The molecular weight excluding hydrogens is 268 g/mol. The zero-order chi connectivity index (χ0) is 14.6. The molecule has 4 nitrogen and oxygen atoms in total. The first-order valence-corrected chi connectivity index (χ1v) is 6.45. The summed E-state index contributed by atoms with van der Waals surface area (Å²) in [4.78, 5) is 11.8. The normalized spacial score (nSPS) is 16.0. The smallest absolute Gasteiger partial charge is 0.387 e. The summed E-state index contributed by atoms with van der Waals surface area (Å²) in [6.07, 6.45) is 1.77. The molecule has 1 aliphatic rings. The Hall–Kier alpha value is -1.69. The lowest BCUT2D eigenvalue weighted by Crippen LogP contribution is -2.33. The van der Waals surface area contributed by atoms with Gasteiger partial charge < -0.3 is 15.2 Å². The van der Waals surface area contributed by atoms with E-state index in [1.54, 1.807) is 18.2 Å². The van der Waals surface area contributed by atoms with Gasteiger partial charge in [0.05, 0.1) is 13.0 Å². The highest BCUT2D eigenvalue weighted by atomic mass is 19.3. The van der Waals surface area contributed by atoms with Crippen molar-refractivity contribution in [1.29, 1.82) is 0 Å². The summed E-state index contributed by atoms with van der Waals surface area (Å²) in [6, 6.07) is 6.22. The number of aliphatic hydroxyl groups is 1. The average molecular weight is 285 g/mol. The van der Waals surface area contributed by atoms with E-state index in [0.717, 1.165) is 12.8 Å². The van der Waals surface area contributed by atoms with Gasteiger partial charge in [0, 0.05) is 17.5 Å². The maximum absolute atomic E-state index is 12.2. The van der Waals surface area contributed by atoms with Gasteiger partial charge in [0.15, 0.2) is 0 Å². The molecule has 0 aromatic heterocycles. The molecular formula is C14H17F2NO3. The Morgan fingerprint density at radius 2 is 2.10 bits per heavy atom. The maximum atomic E-state index is 12.2. The Labute approximate surface area is 115 Å². The van der Waals surface area contributed by atoms with Gasteiger partial charge in [0.1, 0.15) is 5.75 Å². The van der Waals surface area contributed by atoms with Crippen molar-refractivity contribution in [2.24, 2.45) is 5.41 Å². The molecule has 0 atom stereocenters. The quantitative estimate of drug-likeness (QED) is 0.802. The number of rotatable bonds is 7. The van der Waals surface area contributed by atoms with E-state index in [4.69, 9.17) is 5.11 Å². The van der Waals surface area contributed by atoms with Crippen LogP contribution in [0.2, 0.25) is 0 Å². The second-order valence-electron chi connectivity index (χ2n) is 5.10. The largest absolute Gasteiger partial charge is 0.435 e. The molecule has 0 bridgehead atoms. The van der Waals surface area contributed by atoms with Crippen molar-refractivity contribution in [3.63, 3.8) is 0 Å². The molecule has 2 N–H and O–H groups in total.